The number of amides is 1. The van der Waals surface area contributed by atoms with E-state index in [2.05, 4.69) is 37.4 Å². The molecule has 0 radical (unpaired) electrons. The van der Waals surface area contributed by atoms with Gasteiger partial charge in [0.05, 0.1) is 0 Å². The summed E-state index contributed by atoms with van der Waals surface area (Å²) in [5.74, 6) is 1.20. The molecule has 0 saturated carbocycles. The average molecular weight is 286 g/mol. The molecular formula is C18H26N2O. The molecule has 0 bridgehead atoms. The molecule has 21 heavy (non-hydrogen) atoms. The highest BCUT2D eigenvalue weighted by Crippen LogP contribution is 2.35. The van der Waals surface area contributed by atoms with Crippen molar-refractivity contribution in [2.75, 3.05) is 13.1 Å². The Morgan fingerprint density at radius 2 is 2.05 bits per heavy atom. The molecule has 3 nitrogen and oxygen atoms in total. The zero-order valence-electron chi connectivity index (χ0n) is 13.1. The van der Waals surface area contributed by atoms with Crippen molar-refractivity contribution in [3.05, 3.63) is 34.9 Å². The Hall–Kier alpha value is -1.35. The Morgan fingerprint density at radius 1 is 1.29 bits per heavy atom. The van der Waals surface area contributed by atoms with Crippen LogP contribution in [0.4, 0.5) is 0 Å². The van der Waals surface area contributed by atoms with Gasteiger partial charge in [-0.15, -0.1) is 0 Å². The van der Waals surface area contributed by atoms with Gasteiger partial charge in [0.2, 0.25) is 6.41 Å². The highest BCUT2D eigenvalue weighted by molar-refractivity contribution is 5.51. The monoisotopic (exact) mass is 286 g/mol. The predicted octanol–water partition coefficient (Wildman–Crippen LogP) is 2.69. The minimum absolute atomic E-state index is 0.345. The van der Waals surface area contributed by atoms with Crippen molar-refractivity contribution >= 4 is 6.41 Å². The quantitative estimate of drug-likeness (QED) is 0.867. The molecule has 2 aliphatic heterocycles. The van der Waals surface area contributed by atoms with E-state index in [1.165, 1.54) is 24.0 Å². The molecule has 1 aromatic rings. The fraction of sp³-hybridized carbons (Fsp3) is 0.611. The van der Waals surface area contributed by atoms with Crippen LogP contribution in [0.3, 0.4) is 0 Å². The van der Waals surface area contributed by atoms with Crippen LogP contribution < -0.4 is 5.32 Å². The zero-order valence-corrected chi connectivity index (χ0v) is 13.1. The number of carbonyl (C=O) groups is 1. The van der Waals surface area contributed by atoms with E-state index in [0.717, 1.165) is 32.5 Å². The van der Waals surface area contributed by atoms with Crippen molar-refractivity contribution in [3.8, 4) is 0 Å². The first-order chi connectivity index (χ1) is 10.2. The highest BCUT2D eigenvalue weighted by Gasteiger charge is 2.30. The topological polar surface area (TPSA) is 32.3 Å². The largest absolute Gasteiger partial charge is 0.337 e. The van der Waals surface area contributed by atoms with Crippen LogP contribution in [0.5, 0.6) is 0 Å². The Morgan fingerprint density at radius 3 is 2.71 bits per heavy atom. The number of rotatable bonds is 3. The van der Waals surface area contributed by atoms with Crippen LogP contribution in [0.2, 0.25) is 0 Å². The fourth-order valence-corrected chi connectivity index (χ4v) is 3.94. The van der Waals surface area contributed by atoms with Crippen LogP contribution in [-0.2, 0) is 17.8 Å². The van der Waals surface area contributed by atoms with Crippen molar-refractivity contribution in [2.24, 2.45) is 5.92 Å². The van der Waals surface area contributed by atoms with Crippen LogP contribution >= 0.6 is 0 Å². The maximum atomic E-state index is 11.4. The van der Waals surface area contributed by atoms with Crippen molar-refractivity contribution < 1.29 is 4.79 Å². The molecule has 3 heteroatoms. The molecule has 1 unspecified atom stereocenters. The molecule has 1 atom stereocenters. The molecule has 114 valence electrons. The summed E-state index contributed by atoms with van der Waals surface area (Å²) in [6, 6.07) is 7.04. The first-order valence-corrected chi connectivity index (χ1v) is 8.23. The maximum absolute atomic E-state index is 11.4. The first kappa shape index (κ1) is 14.6. The molecule has 0 aliphatic carbocycles. The molecule has 2 aliphatic rings. The lowest BCUT2D eigenvalue weighted by Crippen LogP contribution is -2.43. The van der Waals surface area contributed by atoms with Gasteiger partial charge in [-0.05, 0) is 60.9 Å². The molecule has 1 fully saturated rings. The molecule has 1 saturated heterocycles. The SMILES string of the molecule is CC(C)C1Cc2c(cccc2C2CCNCC2)CN1C=O. The van der Waals surface area contributed by atoms with Gasteiger partial charge in [0.25, 0.3) is 0 Å². The zero-order chi connectivity index (χ0) is 14.8. The fourth-order valence-electron chi connectivity index (χ4n) is 3.94. The van der Waals surface area contributed by atoms with Crippen LogP contribution in [0.1, 0.15) is 49.3 Å². The lowest BCUT2D eigenvalue weighted by molar-refractivity contribution is -0.122. The van der Waals surface area contributed by atoms with Gasteiger partial charge in [-0.25, -0.2) is 0 Å². The standard InChI is InChI=1S/C18H26N2O/c1-13(2)18-10-17-15(11-20(18)12-21)4-3-5-16(17)14-6-8-19-9-7-14/h3-5,12-14,18-19H,6-11H2,1-2H3. The van der Waals surface area contributed by atoms with Crippen molar-refractivity contribution in [1.82, 2.24) is 10.2 Å². The summed E-state index contributed by atoms with van der Waals surface area (Å²) >= 11 is 0. The third-order valence-corrected chi connectivity index (χ3v) is 5.19. The van der Waals surface area contributed by atoms with Gasteiger partial charge in [0.15, 0.2) is 0 Å². The molecular weight excluding hydrogens is 260 g/mol. The van der Waals surface area contributed by atoms with Gasteiger partial charge in [0, 0.05) is 12.6 Å². The second kappa shape index (κ2) is 6.18. The van der Waals surface area contributed by atoms with Gasteiger partial charge in [-0.2, -0.15) is 0 Å². The van der Waals surface area contributed by atoms with Gasteiger partial charge in [0.1, 0.15) is 0 Å². The van der Waals surface area contributed by atoms with Crippen molar-refractivity contribution in [1.29, 1.82) is 0 Å². The number of hydrogen-bond acceptors (Lipinski definition) is 2. The molecule has 0 aromatic heterocycles. The molecule has 1 N–H and O–H groups in total. The second-order valence-electron chi connectivity index (χ2n) is 6.80. The number of nitrogens with one attached hydrogen (secondary N) is 1. The van der Waals surface area contributed by atoms with Crippen LogP contribution in [0.15, 0.2) is 18.2 Å². The molecule has 1 aromatic carbocycles. The summed E-state index contributed by atoms with van der Waals surface area (Å²) in [6.45, 7) is 7.48. The van der Waals surface area contributed by atoms with Crippen LogP contribution in [0, 0.1) is 5.92 Å². The summed E-state index contributed by atoms with van der Waals surface area (Å²) in [6.07, 6.45) is 4.52. The Kier molecular flexibility index (Phi) is 4.29. The first-order valence-electron chi connectivity index (χ1n) is 8.23. The number of benzene rings is 1. The molecule has 2 heterocycles. The van der Waals surface area contributed by atoms with Gasteiger partial charge >= 0.3 is 0 Å². The van der Waals surface area contributed by atoms with Crippen LogP contribution in [0.25, 0.3) is 0 Å². The van der Waals surface area contributed by atoms with Crippen molar-refractivity contribution in [2.45, 2.75) is 51.6 Å². The Balaban J connectivity index is 1.94. The van der Waals surface area contributed by atoms with E-state index in [4.69, 9.17) is 0 Å². The molecule has 0 spiro atoms. The lowest BCUT2D eigenvalue weighted by atomic mass is 9.80. The van der Waals surface area contributed by atoms with E-state index in [1.54, 1.807) is 5.56 Å². The average Bonchev–Trinajstić information content (AvgIpc) is 2.53. The summed E-state index contributed by atoms with van der Waals surface area (Å²) in [5.41, 5.74) is 4.43. The van der Waals surface area contributed by atoms with Crippen LogP contribution in [-0.4, -0.2) is 30.4 Å². The maximum Gasteiger partial charge on any atom is 0.210 e. The number of piperidine rings is 1. The van der Waals surface area contributed by atoms with Gasteiger partial charge < -0.3 is 10.2 Å². The third-order valence-electron chi connectivity index (χ3n) is 5.19. The smallest absolute Gasteiger partial charge is 0.210 e. The summed E-state index contributed by atoms with van der Waals surface area (Å²) in [7, 11) is 0. The Bertz CT molecular complexity index is 506. The van der Waals surface area contributed by atoms with Gasteiger partial charge in [-0.1, -0.05) is 32.0 Å². The molecule has 3 rings (SSSR count). The second-order valence-corrected chi connectivity index (χ2v) is 6.80. The minimum Gasteiger partial charge on any atom is -0.337 e. The van der Waals surface area contributed by atoms with E-state index in [1.807, 2.05) is 4.90 Å². The van der Waals surface area contributed by atoms with E-state index in [-0.39, 0.29) is 0 Å². The lowest BCUT2D eigenvalue weighted by Gasteiger charge is -2.39. The van der Waals surface area contributed by atoms with E-state index >= 15 is 0 Å². The van der Waals surface area contributed by atoms with Gasteiger partial charge in [-0.3, -0.25) is 4.79 Å². The number of hydrogen-bond donors (Lipinski definition) is 1. The van der Waals surface area contributed by atoms with E-state index in [0.29, 0.717) is 17.9 Å². The number of fused-ring (bicyclic) bond motifs is 1. The summed E-state index contributed by atoms with van der Waals surface area (Å²) in [4.78, 5) is 13.4. The van der Waals surface area contributed by atoms with E-state index in [9.17, 15) is 4.79 Å². The predicted molar refractivity (Wildman–Crippen MR) is 85.2 cm³/mol. The third kappa shape index (κ3) is 2.84. The minimum atomic E-state index is 0.345. The number of nitrogens with zero attached hydrogens (tertiary/aromatic N) is 1. The summed E-state index contributed by atoms with van der Waals surface area (Å²) < 4.78 is 0. The summed E-state index contributed by atoms with van der Waals surface area (Å²) in [5, 5.41) is 3.45. The van der Waals surface area contributed by atoms with Crippen molar-refractivity contribution in [3.63, 3.8) is 0 Å². The van der Waals surface area contributed by atoms with E-state index < -0.39 is 0 Å². The highest BCUT2D eigenvalue weighted by atomic mass is 16.1. The Labute approximate surface area is 127 Å². The number of carbonyl (C=O) groups excluding carboxylic acids is 1. The molecule has 1 amide bonds. The normalized spacial score (nSPS) is 23.2.